The fourth-order valence-electron chi connectivity index (χ4n) is 2.12. The van der Waals surface area contributed by atoms with Gasteiger partial charge in [0.05, 0.1) is 12.4 Å². The Labute approximate surface area is 152 Å². The lowest BCUT2D eigenvalue weighted by atomic mass is 10.1. The summed E-state index contributed by atoms with van der Waals surface area (Å²) in [4.78, 5) is 31.7. The van der Waals surface area contributed by atoms with E-state index in [0.29, 0.717) is 31.0 Å². The van der Waals surface area contributed by atoms with E-state index >= 15 is 0 Å². The highest BCUT2D eigenvalue weighted by Crippen LogP contribution is 2.14. The monoisotopic (exact) mass is 354 g/mol. The topological polar surface area (TPSA) is 93.2 Å². The predicted octanol–water partition coefficient (Wildman–Crippen LogP) is 2.36. The second-order valence-corrected chi connectivity index (χ2v) is 5.45. The van der Waals surface area contributed by atoms with E-state index in [1.807, 2.05) is 37.3 Å². The van der Waals surface area contributed by atoms with Gasteiger partial charge in [-0.05, 0) is 31.0 Å². The summed E-state index contributed by atoms with van der Waals surface area (Å²) in [5.74, 6) is -0.0248. The van der Waals surface area contributed by atoms with E-state index < -0.39 is 0 Å². The molecule has 2 aromatic rings. The summed E-state index contributed by atoms with van der Waals surface area (Å²) in [7, 11) is 1.61. The van der Waals surface area contributed by atoms with Crippen LogP contribution in [0.25, 0.3) is 0 Å². The van der Waals surface area contributed by atoms with Crippen LogP contribution in [0, 0.1) is 0 Å². The number of nitrogens with one attached hydrogen (secondary N) is 2. The number of ether oxygens (including phenoxy) is 1. The molecule has 136 valence electrons. The fraction of sp³-hybridized carbons (Fsp3) is 0.263. The summed E-state index contributed by atoms with van der Waals surface area (Å²) < 4.78 is 5.35. The van der Waals surface area contributed by atoms with Crippen LogP contribution in [0.2, 0.25) is 0 Å². The molecule has 0 aliphatic carbocycles. The maximum Gasteiger partial charge on any atom is 0.275 e. The van der Waals surface area contributed by atoms with E-state index in [-0.39, 0.29) is 17.5 Å². The molecule has 7 heteroatoms. The van der Waals surface area contributed by atoms with Crippen LogP contribution in [0.4, 0.5) is 5.69 Å². The minimum atomic E-state index is -0.360. The van der Waals surface area contributed by atoms with E-state index in [1.165, 1.54) is 12.4 Å². The molecule has 2 rings (SSSR count). The first kappa shape index (κ1) is 19.1. The van der Waals surface area contributed by atoms with Gasteiger partial charge in [0.2, 0.25) is 11.8 Å². The third kappa shape index (κ3) is 6.01. The zero-order valence-corrected chi connectivity index (χ0v) is 14.9. The second-order valence-electron chi connectivity index (χ2n) is 5.45. The van der Waals surface area contributed by atoms with Gasteiger partial charge in [-0.1, -0.05) is 24.3 Å². The number of rotatable bonds is 8. The Hall–Kier alpha value is -3.22. The van der Waals surface area contributed by atoms with Crippen molar-refractivity contribution >= 4 is 17.5 Å². The molecule has 0 spiro atoms. The number of amides is 2. The smallest absolute Gasteiger partial charge is 0.275 e. The number of aryl methyl sites for hydroxylation is 1. The predicted molar refractivity (Wildman–Crippen MR) is 99.1 cm³/mol. The van der Waals surface area contributed by atoms with Crippen molar-refractivity contribution < 1.29 is 14.3 Å². The van der Waals surface area contributed by atoms with Crippen LogP contribution in [-0.4, -0.2) is 35.4 Å². The largest absolute Gasteiger partial charge is 0.472 e. The molecule has 0 saturated heterocycles. The Kier molecular flexibility index (Phi) is 7.30. The van der Waals surface area contributed by atoms with Gasteiger partial charge in [-0.25, -0.2) is 9.97 Å². The molecule has 1 heterocycles. The van der Waals surface area contributed by atoms with Gasteiger partial charge in [-0.15, -0.1) is 0 Å². The van der Waals surface area contributed by atoms with Crippen molar-refractivity contribution in [2.75, 3.05) is 19.0 Å². The van der Waals surface area contributed by atoms with Crippen LogP contribution in [-0.2, 0) is 11.2 Å². The summed E-state index contributed by atoms with van der Waals surface area (Å²) >= 11 is 0. The van der Waals surface area contributed by atoms with Crippen LogP contribution in [0.15, 0.2) is 48.8 Å². The van der Waals surface area contributed by atoms with Crippen LogP contribution in [0.3, 0.4) is 0 Å². The average Bonchev–Trinajstić information content (AvgIpc) is 2.67. The van der Waals surface area contributed by atoms with Crippen LogP contribution >= 0.6 is 0 Å². The zero-order valence-electron chi connectivity index (χ0n) is 14.9. The van der Waals surface area contributed by atoms with Gasteiger partial charge >= 0.3 is 0 Å². The maximum atomic E-state index is 12.3. The standard InChI is InChI=1S/C19H22N4O3/c1-3-4-10-26-18-13-21-16(12-22-18)19(25)23-15-7-5-6-14(11-15)8-9-17(24)20-2/h3-7,11-13H,8-10H2,1-2H3,(H,20,24)(H,23,25)/b4-3+. The number of carbonyl (C=O) groups excluding carboxylic acids is 2. The molecule has 0 fully saturated rings. The lowest BCUT2D eigenvalue weighted by Gasteiger charge is -2.07. The maximum absolute atomic E-state index is 12.3. The molecule has 7 nitrogen and oxygen atoms in total. The van der Waals surface area contributed by atoms with Crippen molar-refractivity contribution in [3.05, 3.63) is 60.1 Å². The number of allylic oxidation sites excluding steroid dienone is 1. The average molecular weight is 354 g/mol. The lowest BCUT2D eigenvalue weighted by molar-refractivity contribution is -0.120. The second kappa shape index (κ2) is 9.93. The van der Waals surface area contributed by atoms with E-state index in [2.05, 4.69) is 20.6 Å². The Balaban J connectivity index is 1.95. The van der Waals surface area contributed by atoms with E-state index in [4.69, 9.17) is 4.74 Å². The fourth-order valence-corrected chi connectivity index (χ4v) is 2.12. The number of hydrogen-bond acceptors (Lipinski definition) is 5. The summed E-state index contributed by atoms with van der Waals surface area (Å²) in [5, 5.41) is 5.36. The van der Waals surface area contributed by atoms with Gasteiger partial charge < -0.3 is 15.4 Å². The highest BCUT2D eigenvalue weighted by atomic mass is 16.5. The van der Waals surface area contributed by atoms with Crippen molar-refractivity contribution in [3.63, 3.8) is 0 Å². The molecular formula is C19H22N4O3. The molecule has 26 heavy (non-hydrogen) atoms. The van der Waals surface area contributed by atoms with Crippen LogP contribution in [0.5, 0.6) is 5.88 Å². The minimum Gasteiger partial charge on any atom is -0.472 e. The quantitative estimate of drug-likeness (QED) is 0.710. The summed E-state index contributed by atoms with van der Waals surface area (Å²) in [6.07, 6.45) is 7.50. The van der Waals surface area contributed by atoms with Gasteiger partial charge in [-0.2, -0.15) is 0 Å². The first-order valence-corrected chi connectivity index (χ1v) is 8.29. The molecule has 0 saturated carbocycles. The summed E-state index contributed by atoms with van der Waals surface area (Å²) in [6.45, 7) is 2.30. The van der Waals surface area contributed by atoms with Gasteiger partial charge in [0.1, 0.15) is 12.3 Å². The number of nitrogens with zero attached hydrogens (tertiary/aromatic N) is 2. The molecule has 0 bridgehead atoms. The number of benzene rings is 1. The Morgan fingerprint density at radius 1 is 1.23 bits per heavy atom. The van der Waals surface area contributed by atoms with E-state index in [9.17, 15) is 9.59 Å². The molecule has 0 aliphatic heterocycles. The van der Waals surface area contributed by atoms with E-state index in [0.717, 1.165) is 5.56 Å². The Bertz CT molecular complexity index is 773. The number of hydrogen-bond donors (Lipinski definition) is 2. The Morgan fingerprint density at radius 3 is 2.77 bits per heavy atom. The molecular weight excluding hydrogens is 332 g/mol. The highest BCUT2D eigenvalue weighted by molar-refractivity contribution is 6.02. The lowest BCUT2D eigenvalue weighted by Crippen LogP contribution is -2.18. The molecule has 1 aromatic carbocycles. The third-order valence-corrected chi connectivity index (χ3v) is 3.53. The first-order valence-electron chi connectivity index (χ1n) is 8.29. The summed E-state index contributed by atoms with van der Waals surface area (Å²) in [5.41, 5.74) is 1.80. The zero-order chi connectivity index (χ0) is 18.8. The molecule has 0 radical (unpaired) electrons. The first-order chi connectivity index (χ1) is 12.6. The molecule has 2 amide bonds. The van der Waals surface area contributed by atoms with E-state index in [1.54, 1.807) is 13.1 Å². The van der Waals surface area contributed by atoms with Gasteiger partial charge in [0, 0.05) is 19.2 Å². The van der Waals surface area contributed by atoms with Gasteiger partial charge in [0.25, 0.3) is 5.91 Å². The number of aromatic nitrogens is 2. The molecule has 2 N–H and O–H groups in total. The molecule has 0 unspecified atom stereocenters. The van der Waals surface area contributed by atoms with Crippen molar-refractivity contribution in [1.82, 2.24) is 15.3 Å². The SMILES string of the molecule is C/C=C/COc1cnc(C(=O)Nc2cccc(CCC(=O)NC)c2)cn1. The van der Waals surface area contributed by atoms with Gasteiger partial charge in [0.15, 0.2) is 0 Å². The highest BCUT2D eigenvalue weighted by Gasteiger charge is 2.09. The van der Waals surface area contributed by atoms with Crippen molar-refractivity contribution in [3.8, 4) is 5.88 Å². The normalized spacial score (nSPS) is 10.5. The minimum absolute atomic E-state index is 0.0218. The number of anilines is 1. The third-order valence-electron chi connectivity index (χ3n) is 3.53. The number of carbonyl (C=O) groups is 2. The molecule has 0 atom stereocenters. The van der Waals surface area contributed by atoms with Crippen molar-refractivity contribution in [2.24, 2.45) is 0 Å². The van der Waals surface area contributed by atoms with Crippen LogP contribution in [0.1, 0.15) is 29.4 Å². The van der Waals surface area contributed by atoms with Gasteiger partial charge in [-0.3, -0.25) is 9.59 Å². The van der Waals surface area contributed by atoms with Crippen LogP contribution < -0.4 is 15.4 Å². The molecule has 0 aliphatic rings. The van der Waals surface area contributed by atoms with Crippen molar-refractivity contribution in [2.45, 2.75) is 19.8 Å². The molecule has 1 aromatic heterocycles. The Morgan fingerprint density at radius 2 is 2.08 bits per heavy atom. The van der Waals surface area contributed by atoms with Crippen molar-refractivity contribution in [1.29, 1.82) is 0 Å². The summed E-state index contributed by atoms with van der Waals surface area (Å²) in [6, 6.07) is 7.36.